The van der Waals surface area contributed by atoms with Gasteiger partial charge in [0.25, 0.3) is 0 Å². The number of pyridine rings is 1. The summed E-state index contributed by atoms with van der Waals surface area (Å²) in [4.78, 5) is 32.0. The van der Waals surface area contributed by atoms with Crippen LogP contribution in [0.4, 0.5) is 19.1 Å². The highest BCUT2D eigenvalue weighted by molar-refractivity contribution is 6.31. The molecule has 156 valence electrons. The summed E-state index contributed by atoms with van der Waals surface area (Å²) in [6.07, 6.45) is 1.42. The molecule has 1 aliphatic rings. The summed E-state index contributed by atoms with van der Waals surface area (Å²) in [5, 5.41) is 5.98. The second-order valence-electron chi connectivity index (χ2n) is 6.74. The van der Waals surface area contributed by atoms with Crippen molar-refractivity contribution in [3.05, 3.63) is 29.8 Å². The molecule has 8 nitrogen and oxygen atoms in total. The SMILES string of the molecule is O=C(NCC(F)(F)F)C1(Nc2ncnc(-c3c[nH]c4ncc(Cl)cc34)n2)CCC1.[HH].[HH]. The van der Waals surface area contributed by atoms with E-state index in [9.17, 15) is 18.0 Å². The maximum absolute atomic E-state index is 12.4. The molecule has 29 heavy (non-hydrogen) atoms. The third-order valence-electron chi connectivity index (χ3n) is 4.75. The Kier molecular flexibility index (Phi) is 4.77. The van der Waals surface area contributed by atoms with E-state index in [1.165, 1.54) is 12.5 Å². The molecule has 1 aliphatic carbocycles. The summed E-state index contributed by atoms with van der Waals surface area (Å²) in [6.45, 7) is -1.39. The van der Waals surface area contributed by atoms with Gasteiger partial charge in [-0.05, 0) is 25.3 Å². The molecule has 0 unspecified atom stereocenters. The second-order valence-corrected chi connectivity index (χ2v) is 7.18. The second kappa shape index (κ2) is 7.14. The fourth-order valence-electron chi connectivity index (χ4n) is 3.15. The molecule has 1 amide bonds. The van der Waals surface area contributed by atoms with Gasteiger partial charge < -0.3 is 15.6 Å². The number of alkyl halides is 3. The summed E-state index contributed by atoms with van der Waals surface area (Å²) in [5.41, 5.74) is 0.0561. The number of nitrogens with zero attached hydrogens (tertiary/aromatic N) is 4. The fourth-order valence-corrected chi connectivity index (χ4v) is 3.31. The van der Waals surface area contributed by atoms with E-state index >= 15 is 0 Å². The Hall–Kier alpha value is -2.95. The van der Waals surface area contributed by atoms with Crippen LogP contribution in [0.15, 0.2) is 24.8 Å². The summed E-state index contributed by atoms with van der Waals surface area (Å²) >= 11 is 6.01. The number of rotatable bonds is 5. The standard InChI is InChI=1S/C17H15ClF3N7O.2H2/c18-9-4-10-11(6-23-12(10)22-5-9)13-25-8-26-15(27-13)28-16(2-1-3-16)14(29)24-7-17(19,20)21;;/h4-6,8H,1-3,7H2,(H,22,23)(H,24,29)(H,25,26,27,28);2*1H. The zero-order valence-electron chi connectivity index (χ0n) is 14.8. The molecule has 0 saturated heterocycles. The Morgan fingerprint density at radius 1 is 1.31 bits per heavy atom. The Balaban J connectivity index is 0.00000171. The van der Waals surface area contributed by atoms with Crippen molar-refractivity contribution in [1.29, 1.82) is 0 Å². The first-order chi connectivity index (χ1) is 13.8. The Morgan fingerprint density at radius 2 is 2.10 bits per heavy atom. The van der Waals surface area contributed by atoms with E-state index in [-0.39, 0.29) is 8.80 Å². The van der Waals surface area contributed by atoms with Gasteiger partial charge in [-0.15, -0.1) is 0 Å². The molecule has 3 heterocycles. The number of fused-ring (bicyclic) bond motifs is 1. The zero-order valence-corrected chi connectivity index (χ0v) is 15.6. The molecule has 1 saturated carbocycles. The van der Waals surface area contributed by atoms with Gasteiger partial charge in [0.15, 0.2) is 5.82 Å². The van der Waals surface area contributed by atoms with Crippen LogP contribution in [0, 0.1) is 0 Å². The number of anilines is 1. The lowest BCUT2D eigenvalue weighted by Gasteiger charge is -2.40. The molecule has 0 atom stereocenters. The molecular formula is C17H19ClF3N7O. The summed E-state index contributed by atoms with van der Waals surface area (Å²) in [7, 11) is 0. The molecule has 3 aromatic heterocycles. The van der Waals surface area contributed by atoms with E-state index in [1.54, 1.807) is 12.3 Å². The number of nitrogens with one attached hydrogen (secondary N) is 3. The van der Waals surface area contributed by atoms with E-state index in [0.717, 1.165) is 0 Å². The topological polar surface area (TPSA) is 108 Å². The molecule has 0 aliphatic heterocycles. The van der Waals surface area contributed by atoms with Crippen molar-refractivity contribution in [3.8, 4) is 11.4 Å². The third-order valence-corrected chi connectivity index (χ3v) is 4.96. The number of carbonyl (C=O) groups is 1. The van der Waals surface area contributed by atoms with Gasteiger partial charge >= 0.3 is 6.18 Å². The van der Waals surface area contributed by atoms with Gasteiger partial charge in [0.1, 0.15) is 24.1 Å². The molecule has 12 heteroatoms. The summed E-state index contributed by atoms with van der Waals surface area (Å²) in [5.74, 6) is -0.324. The lowest BCUT2D eigenvalue weighted by Crippen LogP contribution is -2.58. The number of aromatic nitrogens is 5. The largest absolute Gasteiger partial charge is 0.405 e. The van der Waals surface area contributed by atoms with Crippen LogP contribution in [0.25, 0.3) is 22.4 Å². The maximum Gasteiger partial charge on any atom is 0.405 e. The van der Waals surface area contributed by atoms with E-state index in [2.05, 4.69) is 30.2 Å². The Bertz CT molecular complexity index is 1080. The highest BCUT2D eigenvalue weighted by atomic mass is 35.5. The molecule has 3 N–H and O–H groups in total. The predicted molar refractivity (Wildman–Crippen MR) is 103 cm³/mol. The van der Waals surface area contributed by atoms with Gasteiger partial charge in [-0.2, -0.15) is 18.2 Å². The Morgan fingerprint density at radius 3 is 2.79 bits per heavy atom. The molecule has 0 bridgehead atoms. The number of amides is 1. The predicted octanol–water partition coefficient (Wildman–Crippen LogP) is 3.57. The molecule has 0 radical (unpaired) electrons. The first-order valence-electron chi connectivity index (χ1n) is 8.71. The molecule has 1 fully saturated rings. The maximum atomic E-state index is 12.4. The van der Waals surface area contributed by atoms with Gasteiger partial charge in [-0.1, -0.05) is 11.6 Å². The lowest BCUT2D eigenvalue weighted by atomic mass is 9.76. The zero-order chi connectivity index (χ0) is 20.6. The number of carbonyl (C=O) groups excluding carboxylic acids is 1. The first-order valence-corrected chi connectivity index (χ1v) is 9.09. The molecular weight excluding hydrogens is 411 g/mol. The Labute approximate surface area is 170 Å². The van der Waals surface area contributed by atoms with E-state index in [0.29, 0.717) is 46.7 Å². The minimum atomic E-state index is -4.48. The summed E-state index contributed by atoms with van der Waals surface area (Å²) in [6, 6.07) is 1.71. The van der Waals surface area contributed by atoms with Gasteiger partial charge in [-0.25, -0.2) is 15.0 Å². The van der Waals surface area contributed by atoms with Crippen LogP contribution >= 0.6 is 11.6 Å². The number of aromatic amines is 1. The van der Waals surface area contributed by atoms with E-state index in [4.69, 9.17) is 11.6 Å². The average molecular weight is 430 g/mol. The fraction of sp³-hybridized carbons (Fsp3) is 0.353. The number of hydrogen-bond donors (Lipinski definition) is 3. The van der Waals surface area contributed by atoms with Crippen molar-refractivity contribution in [2.24, 2.45) is 0 Å². The third kappa shape index (κ3) is 3.95. The van der Waals surface area contributed by atoms with Crippen molar-refractivity contribution >= 4 is 34.5 Å². The van der Waals surface area contributed by atoms with Crippen molar-refractivity contribution in [3.63, 3.8) is 0 Å². The average Bonchev–Trinajstić information content (AvgIpc) is 3.05. The minimum Gasteiger partial charge on any atom is -0.345 e. The number of hydrogen-bond acceptors (Lipinski definition) is 6. The molecule has 4 rings (SSSR count). The number of halogens is 4. The van der Waals surface area contributed by atoms with Gasteiger partial charge in [0.2, 0.25) is 11.9 Å². The van der Waals surface area contributed by atoms with Crippen molar-refractivity contribution in [2.45, 2.75) is 31.0 Å². The normalized spacial score (nSPS) is 15.7. The van der Waals surface area contributed by atoms with Crippen LogP contribution in [0.5, 0.6) is 0 Å². The smallest absolute Gasteiger partial charge is 0.345 e. The monoisotopic (exact) mass is 429 g/mol. The van der Waals surface area contributed by atoms with Crippen molar-refractivity contribution in [1.82, 2.24) is 30.2 Å². The minimum absolute atomic E-state index is 0. The van der Waals surface area contributed by atoms with Crippen LogP contribution in [-0.2, 0) is 4.79 Å². The van der Waals surface area contributed by atoms with E-state index in [1.807, 2.05) is 5.32 Å². The van der Waals surface area contributed by atoms with Crippen LogP contribution in [0.3, 0.4) is 0 Å². The highest BCUT2D eigenvalue weighted by Gasteiger charge is 2.45. The van der Waals surface area contributed by atoms with Crippen molar-refractivity contribution < 1.29 is 20.8 Å². The van der Waals surface area contributed by atoms with Crippen LogP contribution in [0.1, 0.15) is 22.1 Å². The quantitative estimate of drug-likeness (QED) is 0.572. The molecule has 3 aromatic rings. The summed E-state index contributed by atoms with van der Waals surface area (Å²) < 4.78 is 37.3. The van der Waals surface area contributed by atoms with E-state index < -0.39 is 24.2 Å². The van der Waals surface area contributed by atoms with Crippen molar-refractivity contribution in [2.75, 3.05) is 11.9 Å². The van der Waals surface area contributed by atoms with Crippen LogP contribution in [0.2, 0.25) is 5.02 Å². The number of H-pyrrole nitrogens is 1. The van der Waals surface area contributed by atoms with Gasteiger partial charge in [-0.3, -0.25) is 4.79 Å². The van der Waals surface area contributed by atoms with Crippen LogP contribution < -0.4 is 10.6 Å². The molecule has 0 spiro atoms. The lowest BCUT2D eigenvalue weighted by molar-refractivity contribution is -0.142. The van der Waals surface area contributed by atoms with Crippen LogP contribution in [-0.4, -0.2) is 49.1 Å². The van der Waals surface area contributed by atoms with Gasteiger partial charge in [0.05, 0.1) is 5.02 Å². The molecule has 0 aromatic carbocycles. The first kappa shape index (κ1) is 19.4. The highest BCUT2D eigenvalue weighted by Crippen LogP contribution is 2.35. The van der Waals surface area contributed by atoms with Gasteiger partial charge in [0, 0.05) is 26.2 Å².